The maximum Gasteiger partial charge on any atom is 0.230 e. The topological polar surface area (TPSA) is 34.1 Å². The molecule has 2 rings (SSSR count). The fraction of sp³-hybridized carbons (Fsp3) is 0. The molecular formula is C14H8F2O2S2. The zero-order valence-electron chi connectivity index (χ0n) is 10.0. The summed E-state index contributed by atoms with van der Waals surface area (Å²) < 4.78 is 25.4. The summed E-state index contributed by atoms with van der Waals surface area (Å²) in [6.07, 6.45) is 0. The summed E-state index contributed by atoms with van der Waals surface area (Å²) in [4.78, 5) is 23.5. The van der Waals surface area contributed by atoms with Crippen LogP contribution in [0.15, 0.2) is 48.5 Å². The molecule has 102 valence electrons. The van der Waals surface area contributed by atoms with E-state index in [1.807, 2.05) is 0 Å². The van der Waals surface area contributed by atoms with Gasteiger partial charge in [-0.25, -0.2) is 8.78 Å². The van der Waals surface area contributed by atoms with Crippen molar-refractivity contribution >= 4 is 31.8 Å². The van der Waals surface area contributed by atoms with Crippen LogP contribution in [0.5, 0.6) is 0 Å². The van der Waals surface area contributed by atoms with E-state index in [1.54, 1.807) is 0 Å². The third kappa shape index (κ3) is 3.91. The minimum atomic E-state index is -0.429. The number of carbonyl (C=O) groups is 2. The van der Waals surface area contributed by atoms with Crippen LogP contribution in [0.4, 0.5) is 8.78 Å². The zero-order chi connectivity index (χ0) is 14.5. The molecule has 0 bridgehead atoms. The quantitative estimate of drug-likeness (QED) is 0.773. The fourth-order valence-electron chi connectivity index (χ4n) is 1.34. The Morgan fingerprint density at radius 3 is 1.25 bits per heavy atom. The molecule has 0 atom stereocenters. The number of rotatable bonds is 2. The van der Waals surface area contributed by atoms with Crippen molar-refractivity contribution in [1.82, 2.24) is 0 Å². The first-order valence-corrected chi connectivity index (χ1v) is 7.65. The highest BCUT2D eigenvalue weighted by molar-refractivity contribution is 8.87. The Bertz CT molecular complexity index is 567. The fourth-order valence-corrected chi connectivity index (χ4v) is 2.99. The second kappa shape index (κ2) is 6.67. The molecule has 0 aliphatic heterocycles. The van der Waals surface area contributed by atoms with Crippen molar-refractivity contribution in [2.75, 3.05) is 0 Å². The van der Waals surface area contributed by atoms with Gasteiger partial charge in [-0.1, -0.05) is 0 Å². The molecule has 2 nitrogen and oxygen atoms in total. The molecule has 0 amide bonds. The minimum Gasteiger partial charge on any atom is -0.281 e. The molecule has 0 saturated carbocycles. The van der Waals surface area contributed by atoms with Gasteiger partial charge < -0.3 is 0 Å². The van der Waals surface area contributed by atoms with Gasteiger partial charge in [0.2, 0.25) is 10.2 Å². The lowest BCUT2D eigenvalue weighted by Crippen LogP contribution is -1.95. The lowest BCUT2D eigenvalue weighted by atomic mass is 10.2. The summed E-state index contributed by atoms with van der Waals surface area (Å²) in [7, 11) is 1.51. The van der Waals surface area contributed by atoms with Gasteiger partial charge in [-0.3, -0.25) is 9.59 Å². The largest absolute Gasteiger partial charge is 0.281 e. The molecule has 0 spiro atoms. The first kappa shape index (κ1) is 14.7. The van der Waals surface area contributed by atoms with E-state index in [0.717, 1.165) is 21.6 Å². The van der Waals surface area contributed by atoms with E-state index in [4.69, 9.17) is 0 Å². The molecule has 0 aliphatic carbocycles. The van der Waals surface area contributed by atoms with Crippen molar-refractivity contribution in [1.29, 1.82) is 0 Å². The summed E-state index contributed by atoms with van der Waals surface area (Å²) in [6, 6.07) is 10.1. The third-order valence-corrected chi connectivity index (χ3v) is 4.37. The van der Waals surface area contributed by atoms with E-state index < -0.39 is 11.6 Å². The number of hydrogen-bond acceptors (Lipinski definition) is 4. The predicted octanol–water partition coefficient (Wildman–Crippen LogP) is 4.33. The van der Waals surface area contributed by atoms with Crippen LogP contribution in [0.1, 0.15) is 20.7 Å². The van der Waals surface area contributed by atoms with Crippen molar-refractivity contribution in [2.45, 2.75) is 0 Å². The van der Waals surface area contributed by atoms with Crippen LogP contribution in [-0.4, -0.2) is 10.2 Å². The summed E-state index contributed by atoms with van der Waals surface area (Å²) >= 11 is 0. The summed E-state index contributed by atoms with van der Waals surface area (Å²) in [5.41, 5.74) is 0.631. The van der Waals surface area contributed by atoms with E-state index in [0.29, 0.717) is 11.1 Å². The van der Waals surface area contributed by atoms with Gasteiger partial charge in [-0.05, 0) is 70.1 Å². The Kier molecular flexibility index (Phi) is 4.92. The average Bonchev–Trinajstić information content (AvgIpc) is 2.46. The van der Waals surface area contributed by atoms with Crippen molar-refractivity contribution in [3.8, 4) is 0 Å². The van der Waals surface area contributed by atoms with Gasteiger partial charge in [0.05, 0.1) is 0 Å². The summed E-state index contributed by atoms with van der Waals surface area (Å²) in [5, 5.41) is -0.684. The molecule has 20 heavy (non-hydrogen) atoms. The minimum absolute atomic E-state index is 0.316. The lowest BCUT2D eigenvalue weighted by molar-refractivity contribution is 0.107. The summed E-state index contributed by atoms with van der Waals surface area (Å²) in [6.45, 7) is 0. The average molecular weight is 310 g/mol. The maximum absolute atomic E-state index is 12.7. The smallest absolute Gasteiger partial charge is 0.230 e. The predicted molar refractivity (Wildman–Crippen MR) is 76.6 cm³/mol. The van der Waals surface area contributed by atoms with Gasteiger partial charge in [0.15, 0.2) is 0 Å². The molecule has 0 N–H and O–H groups in total. The third-order valence-electron chi connectivity index (χ3n) is 2.35. The Labute approximate surface area is 122 Å². The Morgan fingerprint density at radius 1 is 0.650 bits per heavy atom. The van der Waals surface area contributed by atoms with Crippen LogP contribution in [0, 0.1) is 11.6 Å². The van der Waals surface area contributed by atoms with Crippen LogP contribution in [0.3, 0.4) is 0 Å². The van der Waals surface area contributed by atoms with Gasteiger partial charge in [-0.2, -0.15) is 0 Å². The first-order chi connectivity index (χ1) is 9.56. The Hall–Kier alpha value is -1.66. The van der Waals surface area contributed by atoms with E-state index in [-0.39, 0.29) is 10.2 Å². The van der Waals surface area contributed by atoms with E-state index in [2.05, 4.69) is 0 Å². The van der Waals surface area contributed by atoms with Gasteiger partial charge in [0.25, 0.3) is 0 Å². The molecule has 0 unspecified atom stereocenters. The van der Waals surface area contributed by atoms with Gasteiger partial charge in [0, 0.05) is 11.1 Å². The Morgan fingerprint density at radius 2 is 0.950 bits per heavy atom. The number of benzene rings is 2. The number of halogens is 2. The molecule has 0 aliphatic rings. The van der Waals surface area contributed by atoms with Crippen LogP contribution in [-0.2, 0) is 0 Å². The standard InChI is InChI=1S/C14H8F2O2S2/c15-11-5-1-9(2-6-11)13(17)19-20-14(18)10-3-7-12(16)8-4-10/h1-8H. The van der Waals surface area contributed by atoms with Crippen LogP contribution >= 0.6 is 21.6 Å². The molecule has 0 saturated heterocycles. The van der Waals surface area contributed by atoms with Crippen molar-refractivity contribution in [2.24, 2.45) is 0 Å². The molecule has 0 heterocycles. The van der Waals surface area contributed by atoms with Crippen LogP contribution < -0.4 is 0 Å². The Balaban J connectivity index is 1.94. The van der Waals surface area contributed by atoms with E-state index >= 15 is 0 Å². The number of carbonyl (C=O) groups excluding carboxylic acids is 2. The lowest BCUT2D eigenvalue weighted by Gasteiger charge is -2.00. The van der Waals surface area contributed by atoms with Crippen molar-refractivity contribution in [3.63, 3.8) is 0 Å². The van der Waals surface area contributed by atoms with Crippen molar-refractivity contribution in [3.05, 3.63) is 71.3 Å². The second-order valence-electron chi connectivity index (χ2n) is 3.76. The highest BCUT2D eigenvalue weighted by Gasteiger charge is 2.13. The maximum atomic E-state index is 12.7. The molecule has 2 aromatic rings. The van der Waals surface area contributed by atoms with E-state index in [1.165, 1.54) is 48.5 Å². The highest BCUT2D eigenvalue weighted by atomic mass is 33.1. The molecule has 2 aromatic carbocycles. The zero-order valence-corrected chi connectivity index (χ0v) is 11.6. The SMILES string of the molecule is O=C(SSC(=O)c1ccc(F)cc1)c1ccc(F)cc1. The highest BCUT2D eigenvalue weighted by Crippen LogP contribution is 2.29. The normalized spacial score (nSPS) is 10.3. The van der Waals surface area contributed by atoms with Gasteiger partial charge >= 0.3 is 0 Å². The second-order valence-corrected chi connectivity index (χ2v) is 5.83. The number of hydrogen-bond donors (Lipinski definition) is 0. The van der Waals surface area contributed by atoms with Crippen LogP contribution in [0.2, 0.25) is 0 Å². The van der Waals surface area contributed by atoms with Crippen molar-refractivity contribution < 1.29 is 18.4 Å². The van der Waals surface area contributed by atoms with Crippen LogP contribution in [0.25, 0.3) is 0 Å². The molecule has 0 fully saturated rings. The van der Waals surface area contributed by atoms with E-state index in [9.17, 15) is 18.4 Å². The first-order valence-electron chi connectivity index (χ1n) is 5.50. The molecule has 6 heteroatoms. The monoisotopic (exact) mass is 310 g/mol. The van der Waals surface area contributed by atoms with Gasteiger partial charge in [-0.15, -0.1) is 0 Å². The molecule has 0 aromatic heterocycles. The molecular weight excluding hydrogens is 302 g/mol. The summed E-state index contributed by atoms with van der Waals surface area (Å²) in [5.74, 6) is -0.858. The van der Waals surface area contributed by atoms with Gasteiger partial charge in [0.1, 0.15) is 11.6 Å². The molecule has 0 radical (unpaired) electrons.